The highest BCUT2D eigenvalue weighted by molar-refractivity contribution is 5.96. The molecule has 7 heteroatoms. The fourth-order valence-corrected chi connectivity index (χ4v) is 3.84. The quantitative estimate of drug-likeness (QED) is 0.795. The number of ether oxygens (including phenoxy) is 1. The van der Waals surface area contributed by atoms with Gasteiger partial charge in [-0.3, -0.25) is 4.79 Å². The van der Waals surface area contributed by atoms with Crippen molar-refractivity contribution in [1.82, 2.24) is 9.88 Å². The summed E-state index contributed by atoms with van der Waals surface area (Å²) in [5, 5.41) is 3.04. The number of rotatable bonds is 6. The van der Waals surface area contributed by atoms with E-state index >= 15 is 0 Å². The largest absolute Gasteiger partial charge is 0.378 e. The van der Waals surface area contributed by atoms with E-state index in [1.54, 1.807) is 6.07 Å². The molecule has 2 heterocycles. The fourth-order valence-electron chi connectivity index (χ4n) is 3.84. The number of hydrogen-bond acceptors (Lipinski definition) is 3. The summed E-state index contributed by atoms with van der Waals surface area (Å²) in [7, 11) is 0. The molecule has 5 nitrogen and oxygen atoms in total. The van der Waals surface area contributed by atoms with E-state index in [1.165, 1.54) is 6.07 Å². The maximum absolute atomic E-state index is 13.7. The molecular weight excluding hydrogens is 376 g/mol. The predicted octanol–water partition coefficient (Wildman–Crippen LogP) is 3.80. The summed E-state index contributed by atoms with van der Waals surface area (Å²) in [4.78, 5) is 15.3. The van der Waals surface area contributed by atoms with Crippen LogP contribution in [0, 0.1) is 25.5 Å². The third-order valence-electron chi connectivity index (χ3n) is 5.58. The van der Waals surface area contributed by atoms with Crippen LogP contribution in [0.4, 0.5) is 14.5 Å². The first kappa shape index (κ1) is 21.3. The zero-order chi connectivity index (χ0) is 21.1. The van der Waals surface area contributed by atoms with Gasteiger partial charge in [0.1, 0.15) is 5.69 Å². The molecule has 0 bridgehead atoms. The van der Waals surface area contributed by atoms with Gasteiger partial charge in [-0.05, 0) is 44.9 Å². The second-order valence-corrected chi connectivity index (χ2v) is 7.62. The summed E-state index contributed by atoms with van der Waals surface area (Å²) < 4.78 is 34.5. The molecule has 0 radical (unpaired) electrons. The summed E-state index contributed by atoms with van der Waals surface area (Å²) in [6.07, 6.45) is 0.823. The maximum Gasteiger partial charge on any atom is 0.268 e. The Balaban J connectivity index is 2.05. The first-order valence-corrected chi connectivity index (χ1v) is 10.1. The van der Waals surface area contributed by atoms with E-state index in [4.69, 9.17) is 4.74 Å². The highest BCUT2D eigenvalue weighted by Crippen LogP contribution is 2.32. The SMILES string of the molecule is CCC(C)NC(=O)c1c(C)c(N2CCOCC2)c(C)n1Cc1ccc(F)c(F)c1. The Labute approximate surface area is 170 Å². The lowest BCUT2D eigenvalue weighted by Gasteiger charge is -2.29. The Morgan fingerprint density at radius 1 is 1.21 bits per heavy atom. The van der Waals surface area contributed by atoms with Crippen LogP contribution in [0.25, 0.3) is 0 Å². The van der Waals surface area contributed by atoms with Gasteiger partial charge in [0, 0.05) is 36.9 Å². The molecule has 1 aromatic carbocycles. The van der Waals surface area contributed by atoms with Crippen molar-refractivity contribution >= 4 is 11.6 Å². The topological polar surface area (TPSA) is 46.5 Å². The van der Waals surface area contributed by atoms with E-state index in [2.05, 4.69) is 10.2 Å². The molecular formula is C22H29F2N3O2. The summed E-state index contributed by atoms with van der Waals surface area (Å²) in [6, 6.07) is 3.91. The van der Waals surface area contributed by atoms with Crippen molar-refractivity contribution in [2.45, 2.75) is 46.7 Å². The van der Waals surface area contributed by atoms with Gasteiger partial charge in [0.05, 0.1) is 18.9 Å². The molecule has 1 N–H and O–H groups in total. The molecule has 1 aliphatic rings. The number of nitrogens with one attached hydrogen (secondary N) is 1. The van der Waals surface area contributed by atoms with Crippen molar-refractivity contribution < 1.29 is 18.3 Å². The average Bonchev–Trinajstić information content (AvgIpc) is 2.95. The van der Waals surface area contributed by atoms with Crippen LogP contribution in [-0.2, 0) is 11.3 Å². The lowest BCUT2D eigenvalue weighted by Crippen LogP contribution is -2.37. The third kappa shape index (κ3) is 4.45. The van der Waals surface area contributed by atoms with Gasteiger partial charge < -0.3 is 19.5 Å². The van der Waals surface area contributed by atoms with E-state index < -0.39 is 11.6 Å². The van der Waals surface area contributed by atoms with E-state index in [0.717, 1.165) is 42.5 Å². The molecule has 0 aliphatic carbocycles. The smallest absolute Gasteiger partial charge is 0.268 e. The van der Waals surface area contributed by atoms with E-state index in [1.807, 2.05) is 32.3 Å². The van der Waals surface area contributed by atoms with Crippen LogP contribution in [0.1, 0.15) is 47.6 Å². The molecule has 0 saturated carbocycles. The Bertz CT molecular complexity index is 889. The fraction of sp³-hybridized carbons (Fsp3) is 0.500. The Morgan fingerprint density at radius 3 is 2.52 bits per heavy atom. The molecule has 1 fully saturated rings. The molecule has 1 atom stereocenters. The van der Waals surface area contributed by atoms with Crippen molar-refractivity contribution in [2.75, 3.05) is 31.2 Å². The van der Waals surface area contributed by atoms with E-state index in [9.17, 15) is 13.6 Å². The minimum Gasteiger partial charge on any atom is -0.378 e. The van der Waals surface area contributed by atoms with E-state index in [0.29, 0.717) is 24.5 Å². The van der Waals surface area contributed by atoms with Crippen LogP contribution in [0.3, 0.4) is 0 Å². The molecule has 1 aliphatic heterocycles. The standard InChI is InChI=1S/C22H29F2N3O2/c1-5-14(2)25-22(28)21-15(3)20(26-8-10-29-11-9-26)16(4)27(21)13-17-6-7-18(23)19(24)12-17/h6-7,12,14H,5,8-11,13H2,1-4H3,(H,25,28). The third-order valence-corrected chi connectivity index (χ3v) is 5.58. The summed E-state index contributed by atoms with van der Waals surface area (Å²) in [5.41, 5.74) is 4.02. The highest BCUT2D eigenvalue weighted by atomic mass is 19.2. The number of carbonyl (C=O) groups excluding carboxylic acids is 1. The summed E-state index contributed by atoms with van der Waals surface area (Å²) >= 11 is 0. The number of benzene rings is 1. The first-order valence-electron chi connectivity index (χ1n) is 10.1. The van der Waals surface area contributed by atoms with Crippen LogP contribution in [-0.4, -0.2) is 42.8 Å². The number of amides is 1. The number of aromatic nitrogens is 1. The lowest BCUT2D eigenvalue weighted by molar-refractivity contribution is 0.0929. The van der Waals surface area contributed by atoms with Gasteiger partial charge in [-0.2, -0.15) is 0 Å². The minimum absolute atomic E-state index is 0.0423. The highest BCUT2D eigenvalue weighted by Gasteiger charge is 2.27. The molecule has 1 aromatic heterocycles. The minimum atomic E-state index is -0.886. The second-order valence-electron chi connectivity index (χ2n) is 7.62. The second kappa shape index (κ2) is 8.95. The van der Waals surface area contributed by atoms with Crippen LogP contribution in [0.5, 0.6) is 0 Å². The molecule has 2 aromatic rings. The Hall–Kier alpha value is -2.41. The van der Waals surface area contributed by atoms with Crippen molar-refractivity contribution in [2.24, 2.45) is 0 Å². The Morgan fingerprint density at radius 2 is 1.90 bits per heavy atom. The molecule has 3 rings (SSSR count). The monoisotopic (exact) mass is 405 g/mol. The van der Waals surface area contributed by atoms with Crippen molar-refractivity contribution in [3.63, 3.8) is 0 Å². The number of hydrogen-bond donors (Lipinski definition) is 1. The lowest BCUT2D eigenvalue weighted by atomic mass is 10.1. The van der Waals surface area contributed by atoms with Gasteiger partial charge in [0.25, 0.3) is 5.91 Å². The van der Waals surface area contributed by atoms with Gasteiger partial charge in [-0.1, -0.05) is 13.0 Å². The van der Waals surface area contributed by atoms with Crippen LogP contribution >= 0.6 is 0 Å². The number of morpholine rings is 1. The van der Waals surface area contributed by atoms with E-state index in [-0.39, 0.29) is 18.5 Å². The molecule has 1 unspecified atom stereocenters. The normalized spacial score (nSPS) is 15.4. The number of anilines is 1. The maximum atomic E-state index is 13.7. The summed E-state index contributed by atoms with van der Waals surface area (Å²) in [6.45, 7) is 11.0. The average molecular weight is 405 g/mol. The van der Waals surface area contributed by atoms with Gasteiger partial charge in [0.2, 0.25) is 0 Å². The van der Waals surface area contributed by atoms with Crippen molar-refractivity contribution in [3.8, 4) is 0 Å². The summed E-state index contributed by atoms with van der Waals surface area (Å²) in [5.74, 6) is -1.91. The number of nitrogens with zero attached hydrogens (tertiary/aromatic N) is 2. The van der Waals surface area contributed by atoms with Crippen LogP contribution in [0.2, 0.25) is 0 Å². The van der Waals surface area contributed by atoms with Gasteiger partial charge in [-0.25, -0.2) is 8.78 Å². The van der Waals surface area contributed by atoms with Crippen LogP contribution in [0.15, 0.2) is 18.2 Å². The molecule has 29 heavy (non-hydrogen) atoms. The predicted molar refractivity (Wildman–Crippen MR) is 110 cm³/mol. The molecule has 1 amide bonds. The first-order chi connectivity index (χ1) is 13.8. The zero-order valence-corrected chi connectivity index (χ0v) is 17.5. The van der Waals surface area contributed by atoms with Gasteiger partial charge >= 0.3 is 0 Å². The van der Waals surface area contributed by atoms with Gasteiger partial charge in [-0.15, -0.1) is 0 Å². The van der Waals surface area contributed by atoms with Crippen molar-refractivity contribution in [3.05, 3.63) is 52.3 Å². The zero-order valence-electron chi connectivity index (χ0n) is 17.5. The molecule has 158 valence electrons. The number of carbonyl (C=O) groups is 1. The van der Waals surface area contributed by atoms with Crippen molar-refractivity contribution in [1.29, 1.82) is 0 Å². The molecule has 0 spiro atoms. The Kier molecular flexibility index (Phi) is 6.57. The van der Waals surface area contributed by atoms with Gasteiger partial charge in [0.15, 0.2) is 11.6 Å². The van der Waals surface area contributed by atoms with Crippen LogP contribution < -0.4 is 10.2 Å². The number of halogens is 2. The molecule has 1 saturated heterocycles.